The Labute approximate surface area is 252 Å². The first-order valence-electron chi connectivity index (χ1n) is 14.7. The number of nitrogens with zero attached hydrogens (tertiary/aromatic N) is 5. The lowest BCUT2D eigenvalue weighted by atomic mass is 9.94. The van der Waals surface area contributed by atoms with Gasteiger partial charge in [-0.2, -0.15) is 0 Å². The predicted molar refractivity (Wildman–Crippen MR) is 171 cm³/mol. The zero-order valence-electron chi connectivity index (χ0n) is 25.0. The highest BCUT2D eigenvalue weighted by molar-refractivity contribution is 6.32. The smallest absolute Gasteiger partial charge is 0.332 e. The van der Waals surface area contributed by atoms with Crippen molar-refractivity contribution >= 4 is 23.0 Å². The fraction of sp³-hybridized carbons (Fsp3) is 0.394. The van der Waals surface area contributed by atoms with Gasteiger partial charge in [-0.3, -0.25) is 9.47 Å². The monoisotopic (exact) mass is 586 g/mol. The SMILES string of the molecule is CNc1ccc(-c2nc(C)cc(-c3ccc(-n4ccn(C)c4=O)c(Cl)c3)c2O)cc1N1CCC2(CCCN2C(C)C)C1. The van der Waals surface area contributed by atoms with Gasteiger partial charge in [-0.15, -0.1) is 0 Å². The van der Waals surface area contributed by atoms with E-state index in [9.17, 15) is 9.90 Å². The summed E-state index contributed by atoms with van der Waals surface area (Å²) in [6.07, 6.45) is 7.03. The quantitative estimate of drug-likeness (QED) is 0.286. The lowest BCUT2D eigenvalue weighted by molar-refractivity contribution is 0.120. The second kappa shape index (κ2) is 10.8. The van der Waals surface area contributed by atoms with Crippen LogP contribution in [0.5, 0.6) is 5.75 Å². The normalized spacial score (nSPS) is 19.0. The Morgan fingerprint density at radius 3 is 2.50 bits per heavy atom. The highest BCUT2D eigenvalue weighted by atomic mass is 35.5. The minimum Gasteiger partial charge on any atom is -0.505 e. The number of hydrogen-bond acceptors (Lipinski definition) is 6. The molecule has 42 heavy (non-hydrogen) atoms. The number of aromatic hydroxyl groups is 1. The number of hydrogen-bond donors (Lipinski definition) is 2. The van der Waals surface area contributed by atoms with Gasteiger partial charge in [0, 0.05) is 68.0 Å². The Morgan fingerprint density at radius 2 is 1.81 bits per heavy atom. The van der Waals surface area contributed by atoms with Crippen molar-refractivity contribution in [3.05, 3.63) is 76.1 Å². The molecule has 2 aliphatic rings. The van der Waals surface area contributed by atoms with Crippen LogP contribution in [0.3, 0.4) is 0 Å². The van der Waals surface area contributed by atoms with Gasteiger partial charge in [0.05, 0.1) is 22.1 Å². The molecule has 2 aromatic carbocycles. The molecule has 2 saturated heterocycles. The molecule has 0 aliphatic carbocycles. The predicted octanol–water partition coefficient (Wildman–Crippen LogP) is 6.07. The summed E-state index contributed by atoms with van der Waals surface area (Å²) in [6, 6.07) is 14.1. The van der Waals surface area contributed by atoms with Crippen molar-refractivity contribution in [2.45, 2.75) is 51.6 Å². The summed E-state index contributed by atoms with van der Waals surface area (Å²) in [5.41, 5.74) is 6.41. The van der Waals surface area contributed by atoms with E-state index in [0.717, 1.165) is 47.7 Å². The maximum Gasteiger partial charge on any atom is 0.332 e. The average molecular weight is 587 g/mol. The molecule has 1 spiro atoms. The van der Waals surface area contributed by atoms with E-state index in [0.29, 0.717) is 28.0 Å². The molecule has 0 bridgehead atoms. The van der Waals surface area contributed by atoms with E-state index in [-0.39, 0.29) is 17.0 Å². The molecule has 0 saturated carbocycles. The van der Waals surface area contributed by atoms with E-state index in [1.54, 1.807) is 31.6 Å². The fourth-order valence-corrected chi connectivity index (χ4v) is 7.29. The first-order valence-corrected chi connectivity index (χ1v) is 15.1. The molecule has 2 aromatic heterocycles. The third-order valence-electron chi connectivity index (χ3n) is 9.07. The zero-order valence-corrected chi connectivity index (χ0v) is 25.7. The Balaban J connectivity index is 1.37. The van der Waals surface area contributed by atoms with E-state index in [1.807, 2.05) is 32.2 Å². The zero-order chi connectivity index (χ0) is 29.8. The number of imidazole rings is 1. The van der Waals surface area contributed by atoms with Gasteiger partial charge in [0.1, 0.15) is 11.4 Å². The van der Waals surface area contributed by atoms with Crippen molar-refractivity contribution in [2.75, 3.05) is 36.9 Å². The second-order valence-corrected chi connectivity index (χ2v) is 12.4. The molecule has 4 heterocycles. The van der Waals surface area contributed by atoms with Crippen LogP contribution < -0.4 is 15.9 Å². The van der Waals surface area contributed by atoms with E-state index < -0.39 is 0 Å². The summed E-state index contributed by atoms with van der Waals surface area (Å²) in [7, 11) is 3.66. The lowest BCUT2D eigenvalue weighted by Crippen LogP contribution is -2.49. The number of nitrogens with one attached hydrogen (secondary N) is 1. The van der Waals surface area contributed by atoms with Crippen LogP contribution in [-0.2, 0) is 7.05 Å². The van der Waals surface area contributed by atoms with Crippen LogP contribution in [0.15, 0.2) is 59.7 Å². The number of aryl methyl sites for hydroxylation is 2. The first kappa shape index (κ1) is 28.4. The number of anilines is 2. The molecule has 1 unspecified atom stereocenters. The van der Waals surface area contributed by atoms with Crippen molar-refractivity contribution < 1.29 is 5.11 Å². The second-order valence-electron chi connectivity index (χ2n) is 12.0. The van der Waals surface area contributed by atoms with E-state index in [1.165, 1.54) is 28.5 Å². The van der Waals surface area contributed by atoms with Gasteiger partial charge in [-0.05, 0) is 82.5 Å². The molecule has 9 heteroatoms. The number of likely N-dealkylation sites (tertiary alicyclic amines) is 1. The summed E-state index contributed by atoms with van der Waals surface area (Å²) >= 11 is 6.67. The molecule has 0 amide bonds. The summed E-state index contributed by atoms with van der Waals surface area (Å²) in [5.74, 6) is 0.101. The van der Waals surface area contributed by atoms with Crippen LogP contribution in [0.2, 0.25) is 5.02 Å². The average Bonchev–Trinajstić information content (AvgIpc) is 3.69. The summed E-state index contributed by atoms with van der Waals surface area (Å²) < 4.78 is 3.01. The van der Waals surface area contributed by atoms with Crippen LogP contribution in [0.1, 0.15) is 38.8 Å². The summed E-state index contributed by atoms with van der Waals surface area (Å²) in [6.45, 7) is 9.70. The molecule has 0 radical (unpaired) electrons. The van der Waals surface area contributed by atoms with Crippen molar-refractivity contribution in [1.82, 2.24) is 19.0 Å². The molecule has 8 nitrogen and oxygen atoms in total. The molecule has 4 aromatic rings. The third-order valence-corrected chi connectivity index (χ3v) is 9.38. The lowest BCUT2D eigenvalue weighted by Gasteiger charge is -2.38. The topological polar surface area (TPSA) is 78.6 Å². The van der Waals surface area contributed by atoms with E-state index in [2.05, 4.69) is 41.1 Å². The van der Waals surface area contributed by atoms with Gasteiger partial charge in [0.25, 0.3) is 0 Å². The number of pyridine rings is 1. The highest BCUT2D eigenvalue weighted by Crippen LogP contribution is 2.44. The van der Waals surface area contributed by atoms with Crippen molar-refractivity contribution in [3.8, 4) is 33.8 Å². The standard InChI is InChI=1S/C33H39ClN6O2/c1-21(2)40-13-6-11-33(40)12-14-38(20-33)29-19-24(7-9-27(29)35-4)30-31(41)25(17-22(3)36-30)23-8-10-28(26(34)18-23)39-16-15-37(5)32(39)42/h7-10,15-19,21,35,41H,6,11-14,20H2,1-5H3. The number of aromatic nitrogens is 3. The highest BCUT2D eigenvalue weighted by Gasteiger charge is 2.47. The van der Waals surface area contributed by atoms with Gasteiger partial charge >= 0.3 is 5.69 Å². The largest absolute Gasteiger partial charge is 0.505 e. The van der Waals surface area contributed by atoms with Gasteiger partial charge < -0.3 is 19.9 Å². The van der Waals surface area contributed by atoms with Crippen LogP contribution in [0, 0.1) is 6.92 Å². The molecule has 1 atom stereocenters. The van der Waals surface area contributed by atoms with Gasteiger partial charge in [-0.1, -0.05) is 23.7 Å². The van der Waals surface area contributed by atoms with Crippen molar-refractivity contribution in [3.63, 3.8) is 0 Å². The Morgan fingerprint density at radius 1 is 1.02 bits per heavy atom. The van der Waals surface area contributed by atoms with Crippen LogP contribution in [-0.4, -0.2) is 62.4 Å². The van der Waals surface area contributed by atoms with Gasteiger partial charge in [0.15, 0.2) is 0 Å². The number of halogens is 1. The fourth-order valence-electron chi connectivity index (χ4n) is 7.02. The Kier molecular flexibility index (Phi) is 7.31. The number of rotatable bonds is 6. The molecule has 2 N–H and O–H groups in total. The van der Waals surface area contributed by atoms with Crippen molar-refractivity contribution in [2.24, 2.45) is 7.05 Å². The van der Waals surface area contributed by atoms with Crippen LogP contribution in [0.25, 0.3) is 28.1 Å². The van der Waals surface area contributed by atoms with Crippen LogP contribution in [0.4, 0.5) is 11.4 Å². The van der Waals surface area contributed by atoms with Crippen LogP contribution >= 0.6 is 11.6 Å². The molecular weight excluding hydrogens is 548 g/mol. The third kappa shape index (κ3) is 4.76. The molecular formula is C33H39ClN6O2. The molecule has 220 valence electrons. The summed E-state index contributed by atoms with van der Waals surface area (Å²) in [4.78, 5) is 22.4. The van der Waals surface area contributed by atoms with Gasteiger partial charge in [0.2, 0.25) is 0 Å². The first-order chi connectivity index (χ1) is 20.1. The van der Waals surface area contributed by atoms with Gasteiger partial charge in [-0.25, -0.2) is 9.78 Å². The van der Waals surface area contributed by atoms with E-state index in [4.69, 9.17) is 16.6 Å². The molecule has 2 fully saturated rings. The molecule has 6 rings (SSSR count). The van der Waals surface area contributed by atoms with E-state index >= 15 is 0 Å². The number of benzene rings is 2. The maximum absolute atomic E-state index is 12.5. The Bertz CT molecular complexity index is 1710. The molecule has 2 aliphatic heterocycles. The minimum absolute atomic E-state index is 0.101. The minimum atomic E-state index is -0.177. The Hall–Kier alpha value is -3.75. The maximum atomic E-state index is 12.5. The summed E-state index contributed by atoms with van der Waals surface area (Å²) in [5, 5.41) is 15.4. The van der Waals surface area contributed by atoms with Crippen molar-refractivity contribution in [1.29, 1.82) is 0 Å².